The molecule has 17 nitrogen and oxygen atoms in total. The van der Waals surface area contributed by atoms with E-state index in [2.05, 4.69) is 15.5 Å². The fourth-order valence-corrected chi connectivity index (χ4v) is 9.45. The molecular formula is C47H45N7O10. The summed E-state index contributed by atoms with van der Waals surface area (Å²) in [4.78, 5) is 73.1. The summed E-state index contributed by atoms with van der Waals surface area (Å²) in [7, 11) is 1.70. The number of aromatic hydroxyl groups is 3. The lowest BCUT2D eigenvalue weighted by Gasteiger charge is -2.31. The molecule has 328 valence electrons. The van der Waals surface area contributed by atoms with Gasteiger partial charge in [-0.15, -0.1) is 0 Å². The van der Waals surface area contributed by atoms with Gasteiger partial charge in [-0.2, -0.15) is 5.10 Å². The molecule has 6 N–H and O–H groups in total. The van der Waals surface area contributed by atoms with Gasteiger partial charge in [-0.3, -0.25) is 19.2 Å². The molecule has 17 heteroatoms. The molecule has 0 saturated heterocycles. The molecule has 0 aliphatic carbocycles. The molecule has 0 bridgehead atoms. The van der Waals surface area contributed by atoms with E-state index in [1.54, 1.807) is 71.6 Å². The predicted octanol–water partition coefficient (Wildman–Crippen LogP) is 5.70. The summed E-state index contributed by atoms with van der Waals surface area (Å²) in [6.07, 6.45) is 0.740. The normalized spacial score (nSPS) is 15.2. The number of benzene rings is 3. The number of fused-ring (bicyclic) bond motifs is 6. The van der Waals surface area contributed by atoms with Crippen molar-refractivity contribution in [2.75, 3.05) is 0 Å². The maximum Gasteiger partial charge on any atom is 0.348 e. The summed E-state index contributed by atoms with van der Waals surface area (Å²) in [5.74, 6) is -5.59. The van der Waals surface area contributed by atoms with E-state index in [0.29, 0.717) is 51.9 Å². The number of cyclic esters (lactones) is 1. The van der Waals surface area contributed by atoms with Crippen LogP contribution in [-0.4, -0.2) is 73.2 Å². The zero-order valence-corrected chi connectivity index (χ0v) is 35.6. The van der Waals surface area contributed by atoms with E-state index in [1.807, 2.05) is 20.8 Å². The summed E-state index contributed by atoms with van der Waals surface area (Å²) in [6.45, 7) is 7.43. The van der Waals surface area contributed by atoms with Gasteiger partial charge in [-0.05, 0) is 96.5 Å². The number of aliphatic carboxylic acids is 1. The predicted molar refractivity (Wildman–Crippen MR) is 235 cm³/mol. The van der Waals surface area contributed by atoms with E-state index in [9.17, 15) is 44.4 Å². The number of esters is 1. The first-order valence-corrected chi connectivity index (χ1v) is 21.0. The van der Waals surface area contributed by atoms with Gasteiger partial charge in [-0.25, -0.2) is 19.4 Å². The number of ether oxygens (including phenoxy) is 1. The number of carbonyl (C=O) groups excluding carboxylic acids is 2. The largest absolute Gasteiger partial charge is 0.508 e. The third kappa shape index (κ3) is 6.65. The Morgan fingerprint density at radius 2 is 1.75 bits per heavy atom. The molecule has 9 rings (SSSR count). The molecule has 3 atom stereocenters. The van der Waals surface area contributed by atoms with Gasteiger partial charge in [0.2, 0.25) is 0 Å². The maximum absolute atomic E-state index is 14.2. The molecule has 6 heterocycles. The number of hydrogen-bond acceptors (Lipinski definition) is 11. The molecular weight excluding hydrogens is 823 g/mol. The smallest absolute Gasteiger partial charge is 0.348 e. The first-order chi connectivity index (χ1) is 30.6. The molecule has 2 aliphatic heterocycles. The number of nitrogens with one attached hydrogen (secondary N) is 2. The van der Waals surface area contributed by atoms with E-state index in [4.69, 9.17) is 9.72 Å². The van der Waals surface area contributed by atoms with Crippen LogP contribution in [0.25, 0.3) is 50.3 Å². The van der Waals surface area contributed by atoms with Crippen LogP contribution in [0.5, 0.6) is 17.2 Å². The average Bonchev–Trinajstić information content (AvgIpc) is 3.93. The molecule has 2 aliphatic rings. The first-order valence-electron chi connectivity index (χ1n) is 21.0. The molecule has 0 spiro atoms. The number of phenols is 3. The monoisotopic (exact) mass is 867 g/mol. The van der Waals surface area contributed by atoms with Crippen molar-refractivity contribution in [3.05, 3.63) is 115 Å². The Kier molecular flexibility index (Phi) is 10.1. The number of rotatable bonds is 11. The van der Waals surface area contributed by atoms with Crippen molar-refractivity contribution in [1.29, 1.82) is 0 Å². The molecule has 0 radical (unpaired) electrons. The van der Waals surface area contributed by atoms with Crippen LogP contribution in [0, 0.1) is 5.92 Å². The maximum atomic E-state index is 14.2. The zero-order valence-electron chi connectivity index (χ0n) is 35.6. The summed E-state index contributed by atoms with van der Waals surface area (Å²) in [5.41, 5.74) is 4.86. The Labute approximate surface area is 364 Å². The molecule has 64 heavy (non-hydrogen) atoms. The SMILES string of the molecule is CCc1c2c(nc3ccc(O)cc13)-c1cc3c(c(=O)n1C2)COC(=O)C3C(CC(CC)NC(=O)c1cc2cc(-n3c(-c4cc(C(C)C)c(O)cc4O)n[nH]c3=O)ccc2n1C)C(=O)O. The topological polar surface area (TPSA) is 244 Å². The minimum Gasteiger partial charge on any atom is -0.508 e. The number of aryl methyl sites for hydroxylation is 2. The number of aromatic amines is 1. The van der Waals surface area contributed by atoms with Crippen molar-refractivity contribution < 1.29 is 39.5 Å². The number of nitrogens with zero attached hydrogens (tertiary/aromatic N) is 5. The molecule has 3 aromatic carbocycles. The van der Waals surface area contributed by atoms with Gasteiger partial charge in [-0.1, -0.05) is 27.7 Å². The van der Waals surface area contributed by atoms with Crippen molar-refractivity contribution in [1.82, 2.24) is 34.2 Å². The fourth-order valence-electron chi connectivity index (χ4n) is 9.45. The van der Waals surface area contributed by atoms with E-state index >= 15 is 0 Å². The van der Waals surface area contributed by atoms with Crippen molar-refractivity contribution in [3.63, 3.8) is 0 Å². The number of phenolic OH excluding ortho intramolecular Hbond substituents is 3. The average molecular weight is 868 g/mol. The molecule has 3 unspecified atom stereocenters. The molecule has 0 saturated carbocycles. The number of carboxylic acids is 1. The Morgan fingerprint density at radius 1 is 0.969 bits per heavy atom. The van der Waals surface area contributed by atoms with Crippen LogP contribution < -0.4 is 16.6 Å². The second-order valence-corrected chi connectivity index (χ2v) is 16.8. The lowest BCUT2D eigenvalue weighted by molar-refractivity contribution is -0.156. The highest BCUT2D eigenvalue weighted by atomic mass is 16.5. The van der Waals surface area contributed by atoms with Crippen LogP contribution in [0.4, 0.5) is 0 Å². The van der Waals surface area contributed by atoms with Gasteiger partial charge >= 0.3 is 17.6 Å². The number of carbonyl (C=O) groups is 3. The highest BCUT2D eigenvalue weighted by Crippen LogP contribution is 2.42. The van der Waals surface area contributed by atoms with E-state index in [0.717, 1.165) is 16.5 Å². The summed E-state index contributed by atoms with van der Waals surface area (Å²) in [6, 6.07) is 15.4. The van der Waals surface area contributed by atoms with Gasteiger partial charge in [0.1, 0.15) is 29.5 Å². The van der Waals surface area contributed by atoms with Crippen molar-refractivity contribution in [2.24, 2.45) is 13.0 Å². The minimum absolute atomic E-state index is 0.0875. The number of amides is 1. The second-order valence-electron chi connectivity index (χ2n) is 16.8. The second kappa shape index (κ2) is 15.6. The van der Waals surface area contributed by atoms with E-state index in [-0.39, 0.29) is 70.9 Å². The van der Waals surface area contributed by atoms with Gasteiger partial charge in [0, 0.05) is 41.0 Å². The first kappa shape index (κ1) is 41.7. The third-order valence-electron chi connectivity index (χ3n) is 12.8. The highest BCUT2D eigenvalue weighted by Gasteiger charge is 2.44. The summed E-state index contributed by atoms with van der Waals surface area (Å²) >= 11 is 0. The number of hydrogen-bond donors (Lipinski definition) is 6. The quantitative estimate of drug-likeness (QED) is 0.0858. The van der Waals surface area contributed by atoms with Gasteiger partial charge in [0.05, 0.1) is 52.1 Å². The van der Waals surface area contributed by atoms with E-state index in [1.165, 1.54) is 16.7 Å². The van der Waals surface area contributed by atoms with Gasteiger partial charge in [0.15, 0.2) is 5.82 Å². The van der Waals surface area contributed by atoms with Gasteiger partial charge < -0.3 is 39.6 Å². The van der Waals surface area contributed by atoms with Crippen molar-refractivity contribution in [3.8, 4) is 45.7 Å². The van der Waals surface area contributed by atoms with Crippen molar-refractivity contribution >= 4 is 39.7 Å². The summed E-state index contributed by atoms with van der Waals surface area (Å²) < 4.78 is 10.0. The summed E-state index contributed by atoms with van der Waals surface area (Å²) in [5, 5.41) is 53.1. The Hall–Kier alpha value is -7.69. The van der Waals surface area contributed by atoms with Gasteiger partial charge in [0.25, 0.3) is 11.5 Å². The number of carboxylic acid groups (broad SMARTS) is 1. The molecule has 7 aromatic rings. The number of pyridine rings is 2. The van der Waals surface area contributed by atoms with E-state index < -0.39 is 47.0 Å². The zero-order chi connectivity index (χ0) is 45.5. The van der Waals surface area contributed by atoms with Crippen molar-refractivity contribution in [2.45, 2.75) is 78.0 Å². The molecule has 1 amide bonds. The Morgan fingerprint density at radius 3 is 2.47 bits per heavy atom. The Balaban J connectivity index is 1.01. The highest BCUT2D eigenvalue weighted by molar-refractivity contribution is 5.99. The van der Waals surface area contributed by atoms with Crippen LogP contribution >= 0.6 is 0 Å². The Bertz CT molecular complexity index is 3250. The van der Waals surface area contributed by atoms with Crippen LogP contribution in [0.2, 0.25) is 0 Å². The lowest BCUT2D eigenvalue weighted by Crippen LogP contribution is -2.42. The molecule has 0 fully saturated rings. The minimum atomic E-state index is -1.39. The van der Waals surface area contributed by atoms with Crippen LogP contribution in [0.3, 0.4) is 0 Å². The number of aromatic nitrogens is 6. The standard InChI is InChI=1S/C47H45N7O10/c1-6-23(48-43(58)37-13-22-12-24(8-11-35(22)52(37)5)54-42(50-51-47(54)63)30-16-27(21(3)4)38(56)18-39(30)57)14-31(45(60)61)40-29-17-36-41-32(19-53(36)44(59)33(29)20-64-46(40)62)26(7-2)28-15-25(55)9-10-34(28)49-41/h8-13,15-18,21,23,31,40,55-57H,6-7,14,19-20H2,1-5H3,(H,48,58)(H,51,63)(H,60,61). The molecule has 4 aromatic heterocycles. The third-order valence-corrected chi connectivity index (χ3v) is 12.8. The van der Waals surface area contributed by atoms with Crippen LogP contribution in [0.15, 0.2) is 70.3 Å². The van der Waals surface area contributed by atoms with Crippen LogP contribution in [-0.2, 0) is 40.9 Å². The van der Waals surface area contributed by atoms with Crippen LogP contribution in [0.1, 0.15) is 90.7 Å². The fraction of sp³-hybridized carbons (Fsp3) is 0.298. The lowest BCUT2D eigenvalue weighted by atomic mass is 9.79. The number of H-pyrrole nitrogens is 1.